The summed E-state index contributed by atoms with van der Waals surface area (Å²) in [5, 5.41) is 13.8. The smallest absolute Gasteiger partial charge is 0.137 e. The highest BCUT2D eigenvalue weighted by Gasteiger charge is 2.30. The van der Waals surface area contributed by atoms with Crippen LogP contribution in [0.2, 0.25) is 0 Å². The molecule has 0 aliphatic heterocycles. The molecule has 4 rings (SSSR count). The molecule has 0 spiro atoms. The van der Waals surface area contributed by atoms with Crippen molar-refractivity contribution in [3.8, 4) is 0 Å². The minimum atomic E-state index is 0.348. The standard InChI is InChI=1S/C19H26N6/c1-13(2)25-18-7-5-16(9-15(18)10-21-25)23-17-6-4-14(3)8-19(17)24-12-20-11-22-24/h5,7,9-14,17,19,23H,4,6,8H2,1-3H3. The number of nitrogens with zero attached hydrogens (tertiary/aromatic N) is 5. The number of hydrogen-bond donors (Lipinski definition) is 1. The summed E-state index contributed by atoms with van der Waals surface area (Å²) in [6.07, 6.45) is 8.95. The third-order valence-electron chi connectivity index (χ3n) is 5.29. The summed E-state index contributed by atoms with van der Waals surface area (Å²) in [7, 11) is 0. The molecule has 25 heavy (non-hydrogen) atoms. The first-order valence-electron chi connectivity index (χ1n) is 9.19. The van der Waals surface area contributed by atoms with E-state index in [-0.39, 0.29) is 0 Å². The van der Waals surface area contributed by atoms with Gasteiger partial charge < -0.3 is 5.32 Å². The van der Waals surface area contributed by atoms with E-state index in [4.69, 9.17) is 0 Å². The monoisotopic (exact) mass is 338 g/mol. The molecule has 2 heterocycles. The van der Waals surface area contributed by atoms with Crippen LogP contribution in [0.25, 0.3) is 10.9 Å². The summed E-state index contributed by atoms with van der Waals surface area (Å²) in [5.74, 6) is 0.721. The maximum atomic E-state index is 4.51. The Bertz CT molecular complexity index is 835. The molecule has 1 N–H and O–H groups in total. The van der Waals surface area contributed by atoms with Crippen LogP contribution < -0.4 is 5.32 Å². The van der Waals surface area contributed by atoms with Crippen LogP contribution in [0.4, 0.5) is 5.69 Å². The van der Waals surface area contributed by atoms with Crippen LogP contribution in [-0.4, -0.2) is 30.6 Å². The molecule has 3 unspecified atom stereocenters. The Hall–Kier alpha value is -2.37. The normalized spacial score (nSPS) is 24.1. The number of benzene rings is 1. The van der Waals surface area contributed by atoms with Crippen molar-refractivity contribution in [3.63, 3.8) is 0 Å². The molecule has 132 valence electrons. The van der Waals surface area contributed by atoms with Gasteiger partial charge in [-0.25, -0.2) is 9.67 Å². The van der Waals surface area contributed by atoms with Crippen LogP contribution in [0.5, 0.6) is 0 Å². The first-order valence-corrected chi connectivity index (χ1v) is 9.19. The third kappa shape index (κ3) is 3.13. The summed E-state index contributed by atoms with van der Waals surface area (Å²) >= 11 is 0. The zero-order chi connectivity index (χ0) is 17.4. The van der Waals surface area contributed by atoms with Crippen molar-refractivity contribution in [1.29, 1.82) is 0 Å². The van der Waals surface area contributed by atoms with Gasteiger partial charge in [-0.05, 0) is 57.2 Å². The highest BCUT2D eigenvalue weighted by atomic mass is 15.3. The molecular formula is C19H26N6. The highest BCUT2D eigenvalue weighted by molar-refractivity contribution is 5.82. The Morgan fingerprint density at radius 2 is 2.08 bits per heavy atom. The van der Waals surface area contributed by atoms with E-state index >= 15 is 0 Å². The van der Waals surface area contributed by atoms with Crippen molar-refractivity contribution in [1.82, 2.24) is 24.5 Å². The predicted octanol–water partition coefficient (Wildman–Crippen LogP) is 4.05. The van der Waals surface area contributed by atoms with E-state index in [0.29, 0.717) is 18.1 Å². The summed E-state index contributed by atoms with van der Waals surface area (Å²) < 4.78 is 4.09. The van der Waals surface area contributed by atoms with E-state index in [1.165, 1.54) is 17.3 Å². The van der Waals surface area contributed by atoms with Crippen molar-refractivity contribution in [2.75, 3.05) is 5.32 Å². The van der Waals surface area contributed by atoms with Crippen LogP contribution in [-0.2, 0) is 0 Å². The van der Waals surface area contributed by atoms with Crippen molar-refractivity contribution in [2.24, 2.45) is 5.92 Å². The maximum Gasteiger partial charge on any atom is 0.137 e. The van der Waals surface area contributed by atoms with E-state index in [1.54, 1.807) is 6.33 Å². The van der Waals surface area contributed by atoms with Crippen LogP contribution >= 0.6 is 0 Å². The Morgan fingerprint density at radius 1 is 1.20 bits per heavy atom. The van der Waals surface area contributed by atoms with Gasteiger partial charge in [-0.15, -0.1) is 0 Å². The number of fused-ring (bicyclic) bond motifs is 1. The molecule has 1 aromatic carbocycles. The topological polar surface area (TPSA) is 60.6 Å². The van der Waals surface area contributed by atoms with E-state index in [1.807, 2.05) is 17.2 Å². The Morgan fingerprint density at radius 3 is 2.84 bits per heavy atom. The summed E-state index contributed by atoms with van der Waals surface area (Å²) in [6.45, 7) is 6.64. The minimum absolute atomic E-state index is 0.348. The first kappa shape index (κ1) is 16.1. The van der Waals surface area contributed by atoms with Gasteiger partial charge in [0, 0.05) is 23.2 Å². The lowest BCUT2D eigenvalue weighted by Gasteiger charge is -2.35. The molecule has 1 aliphatic carbocycles. The van der Waals surface area contributed by atoms with Crippen LogP contribution in [0.1, 0.15) is 52.1 Å². The van der Waals surface area contributed by atoms with Gasteiger partial charge in [0.2, 0.25) is 0 Å². The minimum Gasteiger partial charge on any atom is -0.380 e. The molecule has 1 fully saturated rings. The van der Waals surface area contributed by atoms with Gasteiger partial charge in [0.15, 0.2) is 0 Å². The lowest BCUT2D eigenvalue weighted by molar-refractivity contribution is 0.244. The van der Waals surface area contributed by atoms with Gasteiger partial charge >= 0.3 is 0 Å². The van der Waals surface area contributed by atoms with Crippen molar-refractivity contribution in [2.45, 2.75) is 58.2 Å². The van der Waals surface area contributed by atoms with Crippen LogP contribution in [0.15, 0.2) is 37.1 Å². The Labute approximate surface area is 148 Å². The lowest BCUT2D eigenvalue weighted by Crippen LogP contribution is -2.36. The third-order valence-corrected chi connectivity index (χ3v) is 5.29. The number of aromatic nitrogens is 5. The van der Waals surface area contributed by atoms with E-state index in [9.17, 15) is 0 Å². The first-order chi connectivity index (χ1) is 12.1. The van der Waals surface area contributed by atoms with Gasteiger partial charge in [-0.3, -0.25) is 4.68 Å². The van der Waals surface area contributed by atoms with Crippen molar-refractivity contribution < 1.29 is 0 Å². The summed E-state index contributed by atoms with van der Waals surface area (Å²) in [4.78, 5) is 4.14. The second-order valence-corrected chi connectivity index (χ2v) is 7.57. The molecule has 1 aliphatic rings. The summed E-state index contributed by atoms with van der Waals surface area (Å²) in [5.41, 5.74) is 2.34. The molecular weight excluding hydrogens is 312 g/mol. The van der Waals surface area contributed by atoms with E-state index < -0.39 is 0 Å². The average molecular weight is 338 g/mol. The lowest BCUT2D eigenvalue weighted by atomic mass is 9.83. The number of rotatable bonds is 4. The molecule has 0 saturated heterocycles. The SMILES string of the molecule is CC1CCC(Nc2ccc3c(cnn3C(C)C)c2)C(n2cncn2)C1. The predicted molar refractivity (Wildman–Crippen MR) is 99.6 cm³/mol. The van der Waals surface area contributed by atoms with Gasteiger partial charge in [0.05, 0.1) is 17.8 Å². The number of anilines is 1. The van der Waals surface area contributed by atoms with E-state index in [2.05, 4.69) is 64.2 Å². The van der Waals surface area contributed by atoms with Crippen LogP contribution in [0.3, 0.4) is 0 Å². The largest absolute Gasteiger partial charge is 0.380 e. The second kappa shape index (κ2) is 6.50. The molecule has 3 aromatic rings. The number of nitrogens with one attached hydrogen (secondary N) is 1. The molecule has 0 amide bonds. The van der Waals surface area contributed by atoms with Gasteiger partial charge in [0.25, 0.3) is 0 Å². The molecule has 0 radical (unpaired) electrons. The van der Waals surface area contributed by atoms with Gasteiger partial charge in [-0.1, -0.05) is 6.92 Å². The summed E-state index contributed by atoms with van der Waals surface area (Å²) in [6, 6.07) is 7.63. The Balaban J connectivity index is 1.58. The zero-order valence-corrected chi connectivity index (χ0v) is 15.1. The molecule has 1 saturated carbocycles. The molecule has 3 atom stereocenters. The van der Waals surface area contributed by atoms with Gasteiger partial charge in [0.1, 0.15) is 12.7 Å². The van der Waals surface area contributed by atoms with Crippen molar-refractivity contribution >= 4 is 16.6 Å². The molecule has 6 heteroatoms. The Kier molecular flexibility index (Phi) is 4.19. The molecule has 6 nitrogen and oxygen atoms in total. The zero-order valence-electron chi connectivity index (χ0n) is 15.1. The average Bonchev–Trinajstić information content (AvgIpc) is 3.25. The molecule has 0 bridgehead atoms. The quantitative estimate of drug-likeness (QED) is 0.779. The highest BCUT2D eigenvalue weighted by Crippen LogP contribution is 2.34. The van der Waals surface area contributed by atoms with Crippen molar-refractivity contribution in [3.05, 3.63) is 37.1 Å². The molecule has 2 aromatic heterocycles. The van der Waals surface area contributed by atoms with Gasteiger partial charge in [-0.2, -0.15) is 10.2 Å². The fourth-order valence-corrected chi connectivity index (χ4v) is 3.97. The number of hydrogen-bond acceptors (Lipinski definition) is 4. The van der Waals surface area contributed by atoms with E-state index in [0.717, 1.165) is 24.4 Å². The maximum absolute atomic E-state index is 4.51. The van der Waals surface area contributed by atoms with Crippen LogP contribution in [0, 0.1) is 5.92 Å². The fourth-order valence-electron chi connectivity index (χ4n) is 3.97. The second-order valence-electron chi connectivity index (χ2n) is 7.57. The fraction of sp³-hybridized carbons (Fsp3) is 0.526.